The van der Waals surface area contributed by atoms with Gasteiger partial charge in [-0.3, -0.25) is 4.79 Å². The van der Waals surface area contributed by atoms with Crippen molar-refractivity contribution in [1.82, 2.24) is 15.3 Å². The molecule has 0 radical (unpaired) electrons. The van der Waals surface area contributed by atoms with Crippen molar-refractivity contribution in [3.63, 3.8) is 0 Å². The lowest BCUT2D eigenvalue weighted by Gasteiger charge is -2.17. The van der Waals surface area contributed by atoms with Crippen LogP contribution in [0.2, 0.25) is 0 Å². The molecule has 2 fully saturated rings. The molecule has 1 saturated carbocycles. The zero-order valence-corrected chi connectivity index (χ0v) is 15.9. The smallest absolute Gasteiger partial charge is 0.205 e. The van der Waals surface area contributed by atoms with Crippen molar-refractivity contribution >= 4 is 44.2 Å². The molecule has 1 aliphatic carbocycles. The molecule has 2 N–H and O–H groups in total. The molecular weight excluding hydrogens is 352 g/mol. The third kappa shape index (κ3) is 4.15. The van der Waals surface area contributed by atoms with Crippen molar-refractivity contribution < 1.29 is 4.79 Å². The van der Waals surface area contributed by atoms with Crippen LogP contribution in [0.25, 0.3) is 10.2 Å². The fraction of sp³-hybridized carbons (Fsp3) is 0.611. The molecule has 0 unspecified atom stereocenters. The van der Waals surface area contributed by atoms with E-state index in [-0.39, 0.29) is 11.2 Å². The first-order valence-corrected chi connectivity index (χ1v) is 11.0. The maximum absolute atomic E-state index is 11.7. The molecule has 0 amide bonds. The Bertz CT molecular complexity index is 740. The quantitative estimate of drug-likeness (QED) is 0.770. The lowest BCUT2D eigenvalue weighted by Crippen LogP contribution is -2.31. The Morgan fingerprint density at radius 2 is 1.96 bits per heavy atom. The second-order valence-electron chi connectivity index (χ2n) is 6.88. The molecule has 2 aliphatic rings. The van der Waals surface area contributed by atoms with Crippen molar-refractivity contribution in [2.24, 2.45) is 0 Å². The first-order valence-electron chi connectivity index (χ1n) is 9.19. The molecule has 1 saturated heterocycles. The molecule has 0 aromatic carbocycles. The Hall–Kier alpha value is -1.18. The minimum Gasteiger partial charge on any atom is -0.367 e. The normalized spacial score (nSPS) is 22.4. The summed E-state index contributed by atoms with van der Waals surface area (Å²) in [6, 6.07) is 2.71. The Morgan fingerprint density at radius 3 is 2.72 bits per heavy atom. The van der Waals surface area contributed by atoms with E-state index in [0.717, 1.165) is 34.8 Å². The molecule has 1 atom stereocenters. The van der Waals surface area contributed by atoms with Gasteiger partial charge in [-0.05, 0) is 25.3 Å². The van der Waals surface area contributed by atoms with Crippen molar-refractivity contribution in [2.45, 2.75) is 63.6 Å². The predicted molar refractivity (Wildman–Crippen MR) is 105 cm³/mol. The summed E-state index contributed by atoms with van der Waals surface area (Å²) in [6.07, 6.45) is 10.4. The van der Waals surface area contributed by atoms with Gasteiger partial charge in [-0.2, -0.15) is 0 Å². The number of carbonyl (C=O) groups excluding carboxylic acids is 1. The molecular formula is C18H24N4OS2. The largest absolute Gasteiger partial charge is 0.367 e. The van der Waals surface area contributed by atoms with Gasteiger partial charge in [0, 0.05) is 23.2 Å². The number of rotatable bonds is 5. The summed E-state index contributed by atoms with van der Waals surface area (Å²) in [6.45, 7) is 0.723. The van der Waals surface area contributed by atoms with Crippen molar-refractivity contribution in [1.29, 1.82) is 0 Å². The number of anilines is 1. The van der Waals surface area contributed by atoms with Crippen LogP contribution in [-0.4, -0.2) is 32.9 Å². The van der Waals surface area contributed by atoms with E-state index in [1.165, 1.54) is 55.2 Å². The maximum Gasteiger partial charge on any atom is 0.205 e. The number of carbonyl (C=O) groups is 1. The van der Waals surface area contributed by atoms with E-state index in [4.69, 9.17) is 0 Å². The number of nitrogens with zero attached hydrogens (tertiary/aromatic N) is 2. The molecule has 2 aromatic rings. The number of aromatic nitrogens is 2. The lowest BCUT2D eigenvalue weighted by molar-refractivity contribution is -0.112. The first-order chi connectivity index (χ1) is 12.3. The summed E-state index contributed by atoms with van der Waals surface area (Å²) in [4.78, 5) is 22.9. The van der Waals surface area contributed by atoms with Crippen LogP contribution < -0.4 is 10.6 Å². The first kappa shape index (κ1) is 17.2. The van der Waals surface area contributed by atoms with Crippen molar-refractivity contribution in [3.05, 3.63) is 17.3 Å². The summed E-state index contributed by atoms with van der Waals surface area (Å²) < 4.78 is 0. The minimum atomic E-state index is 0.00452. The summed E-state index contributed by atoms with van der Waals surface area (Å²) >= 11 is 3.13. The van der Waals surface area contributed by atoms with Crippen LogP contribution in [0.4, 0.5) is 5.82 Å². The Morgan fingerprint density at radius 1 is 1.12 bits per heavy atom. The number of hydrogen-bond acceptors (Lipinski definition) is 7. The van der Waals surface area contributed by atoms with Crippen LogP contribution >= 0.6 is 23.1 Å². The number of thioether (sulfide) groups is 1. The zero-order valence-electron chi connectivity index (χ0n) is 14.3. The fourth-order valence-electron chi connectivity index (χ4n) is 3.63. The summed E-state index contributed by atoms with van der Waals surface area (Å²) in [5.41, 5.74) is 0. The molecule has 134 valence electrons. The number of fused-ring (bicyclic) bond motifs is 1. The van der Waals surface area contributed by atoms with Gasteiger partial charge in [-0.1, -0.05) is 37.4 Å². The predicted octanol–water partition coefficient (Wildman–Crippen LogP) is 3.95. The van der Waals surface area contributed by atoms with E-state index in [2.05, 4.69) is 26.7 Å². The van der Waals surface area contributed by atoms with Crippen LogP contribution in [0.5, 0.6) is 0 Å². The van der Waals surface area contributed by atoms with E-state index in [1.807, 2.05) is 0 Å². The fourth-order valence-corrected chi connectivity index (χ4v) is 5.53. The second kappa shape index (κ2) is 8.01. The summed E-state index contributed by atoms with van der Waals surface area (Å²) in [5, 5.41) is 8.43. The monoisotopic (exact) mass is 376 g/mol. The highest BCUT2D eigenvalue weighted by Gasteiger charge is 2.24. The third-order valence-electron chi connectivity index (χ3n) is 5.03. The average molecular weight is 377 g/mol. The Kier molecular flexibility index (Phi) is 5.53. The molecule has 3 heterocycles. The van der Waals surface area contributed by atoms with Gasteiger partial charge in [0.1, 0.15) is 17.0 Å². The van der Waals surface area contributed by atoms with E-state index in [0.29, 0.717) is 6.04 Å². The van der Waals surface area contributed by atoms with Gasteiger partial charge in [0.05, 0.1) is 11.4 Å². The average Bonchev–Trinajstić information content (AvgIpc) is 3.12. The number of thiophene rings is 1. The molecule has 0 spiro atoms. The van der Waals surface area contributed by atoms with E-state index in [9.17, 15) is 4.79 Å². The standard InChI is InChI=1S/C18H24N4OS2/c23-18-15(7-8-24-18)19-10-13-9-14-16(20-11-21-17(14)25-13)22-12-5-3-1-2-4-6-12/h9,11-12,15,19H,1-8,10H2,(H,20,21,22)/t15-/m0/s1. The van der Waals surface area contributed by atoms with Crippen LogP contribution in [0.3, 0.4) is 0 Å². The van der Waals surface area contributed by atoms with Crippen LogP contribution in [-0.2, 0) is 11.3 Å². The van der Waals surface area contributed by atoms with Gasteiger partial charge in [-0.15, -0.1) is 11.3 Å². The Labute approximate surface area is 156 Å². The van der Waals surface area contributed by atoms with Gasteiger partial charge < -0.3 is 10.6 Å². The lowest BCUT2D eigenvalue weighted by atomic mass is 10.1. The topological polar surface area (TPSA) is 66.9 Å². The van der Waals surface area contributed by atoms with E-state index >= 15 is 0 Å². The van der Waals surface area contributed by atoms with Crippen molar-refractivity contribution in [3.8, 4) is 0 Å². The molecule has 0 bridgehead atoms. The molecule has 4 rings (SSSR count). The molecule has 5 nitrogen and oxygen atoms in total. The highest BCUT2D eigenvalue weighted by atomic mass is 32.2. The highest BCUT2D eigenvalue weighted by molar-refractivity contribution is 8.14. The SMILES string of the molecule is O=C1SCC[C@@H]1NCc1cc2c(NC3CCCCCC3)ncnc2s1. The molecule has 7 heteroatoms. The van der Waals surface area contributed by atoms with Crippen molar-refractivity contribution in [2.75, 3.05) is 11.1 Å². The zero-order chi connectivity index (χ0) is 17.1. The van der Waals surface area contributed by atoms with Crippen LogP contribution in [0, 0.1) is 0 Å². The van der Waals surface area contributed by atoms with Gasteiger partial charge in [0.2, 0.25) is 5.12 Å². The van der Waals surface area contributed by atoms with Gasteiger partial charge in [0.15, 0.2) is 0 Å². The second-order valence-corrected chi connectivity index (χ2v) is 9.09. The molecule has 2 aromatic heterocycles. The van der Waals surface area contributed by atoms with Gasteiger partial charge in [-0.25, -0.2) is 9.97 Å². The van der Waals surface area contributed by atoms with E-state index < -0.39 is 0 Å². The van der Waals surface area contributed by atoms with Crippen LogP contribution in [0.1, 0.15) is 49.8 Å². The van der Waals surface area contributed by atoms with Crippen LogP contribution in [0.15, 0.2) is 12.4 Å². The van der Waals surface area contributed by atoms with Gasteiger partial charge >= 0.3 is 0 Å². The number of hydrogen-bond donors (Lipinski definition) is 2. The number of nitrogens with one attached hydrogen (secondary N) is 2. The van der Waals surface area contributed by atoms with E-state index in [1.54, 1.807) is 17.7 Å². The molecule has 25 heavy (non-hydrogen) atoms. The Balaban J connectivity index is 1.47. The third-order valence-corrected chi connectivity index (χ3v) is 7.09. The molecule has 1 aliphatic heterocycles. The van der Waals surface area contributed by atoms with Gasteiger partial charge in [0.25, 0.3) is 0 Å². The maximum atomic E-state index is 11.7. The minimum absolute atomic E-state index is 0.00452. The highest BCUT2D eigenvalue weighted by Crippen LogP contribution is 2.30. The summed E-state index contributed by atoms with van der Waals surface area (Å²) in [5.74, 6) is 1.90. The summed E-state index contributed by atoms with van der Waals surface area (Å²) in [7, 11) is 0.